The Morgan fingerprint density at radius 1 is 0.269 bits per heavy atom. The van der Waals surface area contributed by atoms with Gasteiger partial charge in [0.2, 0.25) is 0 Å². The van der Waals surface area contributed by atoms with Gasteiger partial charge in [-0.1, -0.05) is 278 Å². The van der Waals surface area contributed by atoms with Crippen molar-refractivity contribution in [2.24, 2.45) is 0 Å². The molecule has 0 bridgehead atoms. The molecule has 0 spiro atoms. The molecular formula is C72H122O6. The summed E-state index contributed by atoms with van der Waals surface area (Å²) in [5, 5.41) is 0. The molecule has 0 aromatic rings. The molecule has 0 saturated heterocycles. The van der Waals surface area contributed by atoms with E-state index in [4.69, 9.17) is 14.2 Å². The van der Waals surface area contributed by atoms with Crippen LogP contribution in [0.2, 0.25) is 0 Å². The maximum absolute atomic E-state index is 12.9. The fourth-order valence-electron chi connectivity index (χ4n) is 9.05. The first-order chi connectivity index (χ1) is 38.5. The summed E-state index contributed by atoms with van der Waals surface area (Å²) >= 11 is 0. The highest BCUT2D eigenvalue weighted by atomic mass is 16.6. The number of hydrogen-bond donors (Lipinski definition) is 0. The highest BCUT2D eigenvalue weighted by molar-refractivity contribution is 5.71. The summed E-state index contributed by atoms with van der Waals surface area (Å²) < 4.78 is 16.9. The maximum Gasteiger partial charge on any atom is 0.306 e. The van der Waals surface area contributed by atoms with Crippen LogP contribution in [0.3, 0.4) is 0 Å². The van der Waals surface area contributed by atoms with Gasteiger partial charge in [-0.25, -0.2) is 0 Å². The van der Waals surface area contributed by atoms with E-state index in [0.717, 1.165) is 128 Å². The molecule has 0 rings (SSSR count). The highest BCUT2D eigenvalue weighted by Gasteiger charge is 2.19. The second-order valence-electron chi connectivity index (χ2n) is 21.6. The van der Waals surface area contributed by atoms with Crippen LogP contribution in [0, 0.1) is 0 Å². The number of hydrogen-bond acceptors (Lipinski definition) is 6. The van der Waals surface area contributed by atoms with Crippen LogP contribution in [0.5, 0.6) is 0 Å². The molecule has 0 saturated carbocycles. The van der Waals surface area contributed by atoms with Gasteiger partial charge in [-0.05, 0) is 122 Å². The fraction of sp³-hybridized carbons (Fsp3) is 0.708. The lowest BCUT2D eigenvalue weighted by atomic mass is 10.0. The number of carbonyl (C=O) groups is 3. The minimum absolute atomic E-state index is 0.0858. The molecule has 0 radical (unpaired) electrons. The highest BCUT2D eigenvalue weighted by Crippen LogP contribution is 2.16. The fourth-order valence-corrected chi connectivity index (χ4v) is 9.05. The van der Waals surface area contributed by atoms with E-state index in [0.29, 0.717) is 19.3 Å². The quantitative estimate of drug-likeness (QED) is 0.0261. The number of rotatable bonds is 59. The van der Waals surface area contributed by atoms with Crippen LogP contribution >= 0.6 is 0 Å². The Labute approximate surface area is 482 Å². The summed E-state index contributed by atoms with van der Waals surface area (Å²) in [5.74, 6) is -0.901. The Bertz CT molecular complexity index is 1570. The van der Waals surface area contributed by atoms with Crippen molar-refractivity contribution < 1.29 is 28.6 Å². The summed E-state index contributed by atoms with van der Waals surface area (Å²) in [6.07, 6.45) is 89.5. The molecule has 0 aliphatic rings. The smallest absolute Gasteiger partial charge is 0.306 e. The van der Waals surface area contributed by atoms with Gasteiger partial charge >= 0.3 is 17.9 Å². The largest absolute Gasteiger partial charge is 0.462 e. The third-order valence-corrected chi connectivity index (χ3v) is 14.0. The van der Waals surface area contributed by atoms with Crippen LogP contribution in [0.25, 0.3) is 0 Å². The van der Waals surface area contributed by atoms with Crippen molar-refractivity contribution >= 4 is 17.9 Å². The van der Waals surface area contributed by atoms with Crippen LogP contribution < -0.4 is 0 Å². The van der Waals surface area contributed by atoms with E-state index in [1.807, 2.05) is 0 Å². The monoisotopic (exact) mass is 1080 g/mol. The van der Waals surface area contributed by atoms with Gasteiger partial charge in [0.05, 0.1) is 0 Å². The third kappa shape index (κ3) is 62.9. The third-order valence-electron chi connectivity index (χ3n) is 14.0. The molecule has 0 amide bonds. The summed E-state index contributed by atoms with van der Waals surface area (Å²) in [7, 11) is 0. The molecule has 0 aliphatic carbocycles. The Balaban J connectivity index is 4.29. The number of esters is 3. The summed E-state index contributed by atoms with van der Waals surface area (Å²) in [5.41, 5.74) is 0. The topological polar surface area (TPSA) is 78.9 Å². The van der Waals surface area contributed by atoms with Gasteiger partial charge in [0.15, 0.2) is 6.10 Å². The zero-order chi connectivity index (χ0) is 56.4. The van der Waals surface area contributed by atoms with Gasteiger partial charge in [-0.3, -0.25) is 14.4 Å². The van der Waals surface area contributed by atoms with Gasteiger partial charge in [0, 0.05) is 19.3 Å². The standard InChI is InChI=1S/C72H122O6/c1-4-7-10-13-16-19-22-25-28-30-31-32-33-34-35-36-37-38-39-40-41-43-44-47-50-53-56-59-62-65-71(74)77-68-69(67-76-70(73)64-61-58-55-52-49-46-27-24-21-18-15-12-9-6-3)78-72(75)66-63-60-57-54-51-48-45-42-29-26-23-20-17-14-11-8-5-2/h7,10,15-20,24-29,31-32,34-35,69H,4-6,8-9,11-14,21-23,30,33,36-68H2,1-3H3/b10-7-,18-15-,19-16-,20-17-,27-24-,28-25-,29-26-,32-31-,35-34-. The molecule has 0 aromatic carbocycles. The molecule has 0 N–H and O–H groups in total. The lowest BCUT2D eigenvalue weighted by Crippen LogP contribution is -2.30. The normalized spacial score (nSPS) is 12.8. The lowest BCUT2D eigenvalue weighted by Gasteiger charge is -2.18. The Kier molecular flexibility index (Phi) is 62.3. The summed E-state index contributed by atoms with van der Waals surface area (Å²) in [6, 6.07) is 0. The van der Waals surface area contributed by atoms with Crippen LogP contribution in [0.15, 0.2) is 109 Å². The number of ether oxygens (including phenoxy) is 3. The molecule has 0 heterocycles. The number of unbranched alkanes of at least 4 members (excludes halogenated alkanes) is 30. The van der Waals surface area contributed by atoms with Gasteiger partial charge in [0.25, 0.3) is 0 Å². The van der Waals surface area contributed by atoms with Crippen molar-refractivity contribution in [3.63, 3.8) is 0 Å². The average molecular weight is 1080 g/mol. The summed E-state index contributed by atoms with van der Waals surface area (Å²) in [6.45, 7) is 6.46. The lowest BCUT2D eigenvalue weighted by molar-refractivity contribution is -0.167. The molecule has 0 aromatic heterocycles. The van der Waals surface area contributed by atoms with E-state index in [1.54, 1.807) is 0 Å². The van der Waals surface area contributed by atoms with Crippen molar-refractivity contribution in [3.8, 4) is 0 Å². The van der Waals surface area contributed by atoms with Crippen molar-refractivity contribution in [2.75, 3.05) is 13.2 Å². The summed E-state index contributed by atoms with van der Waals surface area (Å²) in [4.78, 5) is 38.3. The van der Waals surface area contributed by atoms with Crippen LogP contribution in [0.4, 0.5) is 0 Å². The number of allylic oxidation sites excluding steroid dienone is 18. The molecule has 0 fully saturated rings. The van der Waals surface area contributed by atoms with Crippen molar-refractivity contribution in [1.82, 2.24) is 0 Å². The predicted molar refractivity (Wildman–Crippen MR) is 339 cm³/mol. The zero-order valence-corrected chi connectivity index (χ0v) is 51.2. The average Bonchev–Trinajstić information content (AvgIpc) is 3.44. The van der Waals surface area contributed by atoms with Gasteiger partial charge in [-0.2, -0.15) is 0 Å². The van der Waals surface area contributed by atoms with Gasteiger partial charge in [-0.15, -0.1) is 0 Å². The molecule has 6 nitrogen and oxygen atoms in total. The Hall–Kier alpha value is -3.93. The SMILES string of the molecule is CC/C=C\C/C=C\C/C=C\C/C=C\C/C=C\CCCCCCCCCCCCCCCC(=O)OCC(COC(=O)CCCCCCC/C=C\C/C=C\CCCC)OC(=O)CCCCCCCCC/C=C\C/C=C\CCCCC. The van der Waals surface area contributed by atoms with Crippen LogP contribution in [-0.2, 0) is 28.6 Å². The van der Waals surface area contributed by atoms with Gasteiger partial charge < -0.3 is 14.2 Å². The molecule has 446 valence electrons. The molecule has 78 heavy (non-hydrogen) atoms. The molecular weight excluding hydrogens is 961 g/mol. The van der Waals surface area contributed by atoms with E-state index < -0.39 is 6.10 Å². The minimum Gasteiger partial charge on any atom is -0.462 e. The van der Waals surface area contributed by atoms with E-state index in [9.17, 15) is 14.4 Å². The minimum atomic E-state index is -0.790. The Morgan fingerprint density at radius 3 is 0.821 bits per heavy atom. The van der Waals surface area contributed by atoms with Crippen molar-refractivity contribution in [3.05, 3.63) is 109 Å². The molecule has 1 unspecified atom stereocenters. The van der Waals surface area contributed by atoms with Gasteiger partial charge in [0.1, 0.15) is 13.2 Å². The first kappa shape index (κ1) is 74.1. The first-order valence-corrected chi connectivity index (χ1v) is 32.9. The molecule has 0 aliphatic heterocycles. The van der Waals surface area contributed by atoms with Crippen molar-refractivity contribution in [2.45, 2.75) is 316 Å². The molecule has 6 heteroatoms. The maximum atomic E-state index is 12.9. The van der Waals surface area contributed by atoms with E-state index in [2.05, 4.69) is 130 Å². The van der Waals surface area contributed by atoms with Crippen molar-refractivity contribution in [1.29, 1.82) is 0 Å². The Morgan fingerprint density at radius 2 is 0.513 bits per heavy atom. The van der Waals surface area contributed by atoms with Crippen LogP contribution in [-0.4, -0.2) is 37.2 Å². The van der Waals surface area contributed by atoms with Crippen LogP contribution in [0.1, 0.15) is 310 Å². The predicted octanol–water partition coefficient (Wildman–Crippen LogP) is 22.6. The second kappa shape index (κ2) is 65.6. The first-order valence-electron chi connectivity index (χ1n) is 32.9. The van der Waals surface area contributed by atoms with E-state index in [1.165, 1.54) is 141 Å². The zero-order valence-electron chi connectivity index (χ0n) is 51.2. The number of carbonyl (C=O) groups excluding carboxylic acids is 3. The van der Waals surface area contributed by atoms with E-state index in [-0.39, 0.29) is 31.1 Å². The molecule has 1 atom stereocenters. The van der Waals surface area contributed by atoms with E-state index >= 15 is 0 Å². The second-order valence-corrected chi connectivity index (χ2v) is 21.6.